The summed E-state index contributed by atoms with van der Waals surface area (Å²) in [6, 6.07) is 0.294. The van der Waals surface area contributed by atoms with Gasteiger partial charge in [0.05, 0.1) is 5.92 Å². The molecule has 2 rings (SSSR count). The highest BCUT2D eigenvalue weighted by atomic mass is 16.5. The highest BCUT2D eigenvalue weighted by Crippen LogP contribution is 2.19. The number of hydrogen-bond acceptors (Lipinski definition) is 3. The summed E-state index contributed by atoms with van der Waals surface area (Å²) in [6.45, 7) is 5.48. The molecule has 0 spiro atoms. The summed E-state index contributed by atoms with van der Waals surface area (Å²) < 4.78 is 5.31. The molecule has 1 unspecified atom stereocenters. The van der Waals surface area contributed by atoms with Crippen molar-refractivity contribution in [1.29, 1.82) is 0 Å². The number of carbonyl (C=O) groups is 1. The summed E-state index contributed by atoms with van der Waals surface area (Å²) in [5.74, 6) is 1.01. The topological polar surface area (TPSA) is 50.4 Å². The molecule has 1 amide bonds. The molecule has 86 valence electrons. The van der Waals surface area contributed by atoms with E-state index in [9.17, 15) is 4.79 Å². The molecule has 0 aromatic heterocycles. The van der Waals surface area contributed by atoms with Gasteiger partial charge in [0.2, 0.25) is 5.91 Å². The van der Waals surface area contributed by atoms with Crippen LogP contribution in [0.4, 0.5) is 0 Å². The lowest BCUT2D eigenvalue weighted by molar-refractivity contribution is -0.127. The van der Waals surface area contributed by atoms with Crippen LogP contribution in [0.5, 0.6) is 0 Å². The maximum Gasteiger partial charge on any atom is 0.225 e. The predicted octanol–water partition coefficient (Wildman–Crippen LogP) is 0.137. The Morgan fingerprint density at radius 3 is 2.60 bits per heavy atom. The van der Waals surface area contributed by atoms with Gasteiger partial charge in [-0.15, -0.1) is 0 Å². The summed E-state index contributed by atoms with van der Waals surface area (Å²) in [5.41, 5.74) is 0. The van der Waals surface area contributed by atoms with Crippen LogP contribution in [-0.2, 0) is 9.53 Å². The van der Waals surface area contributed by atoms with Crippen molar-refractivity contribution in [2.75, 3.05) is 26.3 Å². The molecule has 2 saturated heterocycles. The molecule has 2 aliphatic heterocycles. The first-order valence-electron chi connectivity index (χ1n) is 5.86. The molecule has 4 nitrogen and oxygen atoms in total. The summed E-state index contributed by atoms with van der Waals surface area (Å²) in [4.78, 5) is 11.7. The maximum atomic E-state index is 11.7. The van der Waals surface area contributed by atoms with Crippen LogP contribution in [-0.4, -0.2) is 38.3 Å². The van der Waals surface area contributed by atoms with Gasteiger partial charge in [0.1, 0.15) is 0 Å². The Bertz CT molecular complexity index is 223. The van der Waals surface area contributed by atoms with Gasteiger partial charge in [0, 0.05) is 32.3 Å². The van der Waals surface area contributed by atoms with E-state index >= 15 is 0 Å². The fourth-order valence-corrected chi connectivity index (χ4v) is 2.15. The normalized spacial score (nSPS) is 25.7. The van der Waals surface area contributed by atoms with E-state index in [4.69, 9.17) is 4.74 Å². The smallest absolute Gasteiger partial charge is 0.225 e. The second-order valence-electron chi connectivity index (χ2n) is 4.60. The quantitative estimate of drug-likeness (QED) is 0.699. The van der Waals surface area contributed by atoms with E-state index in [-0.39, 0.29) is 11.8 Å². The second-order valence-corrected chi connectivity index (χ2v) is 4.60. The lowest BCUT2D eigenvalue weighted by atomic mass is 9.92. The van der Waals surface area contributed by atoms with Gasteiger partial charge in [-0.3, -0.25) is 4.79 Å². The number of amides is 1. The summed E-state index contributed by atoms with van der Waals surface area (Å²) in [5, 5.41) is 6.23. The van der Waals surface area contributed by atoms with Crippen molar-refractivity contribution in [3.63, 3.8) is 0 Å². The SMILES string of the molecule is CC(NC(=O)C1CNC1)C1CCOCC1. The van der Waals surface area contributed by atoms with Gasteiger partial charge in [0.25, 0.3) is 0 Å². The molecule has 0 aromatic rings. The molecule has 0 aromatic carbocycles. The van der Waals surface area contributed by atoms with Crippen LogP contribution in [0.3, 0.4) is 0 Å². The standard InChI is InChI=1S/C11H20N2O2/c1-8(9-2-4-15-5-3-9)13-11(14)10-6-12-7-10/h8-10,12H,2-7H2,1H3,(H,13,14). The largest absolute Gasteiger partial charge is 0.381 e. The molecule has 0 saturated carbocycles. The third kappa shape index (κ3) is 2.69. The number of ether oxygens (including phenoxy) is 1. The fourth-order valence-electron chi connectivity index (χ4n) is 2.15. The Balaban J connectivity index is 1.74. The van der Waals surface area contributed by atoms with E-state index in [0.717, 1.165) is 39.1 Å². The molecule has 0 aliphatic carbocycles. The van der Waals surface area contributed by atoms with Crippen molar-refractivity contribution in [2.24, 2.45) is 11.8 Å². The van der Waals surface area contributed by atoms with Gasteiger partial charge in [0.15, 0.2) is 0 Å². The molecular formula is C11H20N2O2. The zero-order valence-electron chi connectivity index (χ0n) is 9.29. The van der Waals surface area contributed by atoms with Gasteiger partial charge >= 0.3 is 0 Å². The Labute approximate surface area is 90.8 Å². The van der Waals surface area contributed by atoms with Crippen LogP contribution in [0, 0.1) is 11.8 Å². The third-order valence-corrected chi connectivity index (χ3v) is 3.50. The zero-order valence-corrected chi connectivity index (χ0v) is 9.29. The Morgan fingerprint density at radius 1 is 1.40 bits per heavy atom. The average Bonchev–Trinajstić information content (AvgIpc) is 2.16. The molecular weight excluding hydrogens is 192 g/mol. The Morgan fingerprint density at radius 2 is 2.07 bits per heavy atom. The summed E-state index contributed by atoms with van der Waals surface area (Å²) in [7, 11) is 0. The minimum atomic E-state index is 0.201. The molecule has 0 bridgehead atoms. The lowest BCUT2D eigenvalue weighted by Crippen LogP contribution is -2.53. The van der Waals surface area contributed by atoms with Gasteiger partial charge < -0.3 is 15.4 Å². The maximum absolute atomic E-state index is 11.7. The monoisotopic (exact) mass is 212 g/mol. The van der Waals surface area contributed by atoms with E-state index < -0.39 is 0 Å². The third-order valence-electron chi connectivity index (χ3n) is 3.50. The Kier molecular flexibility index (Phi) is 3.59. The van der Waals surface area contributed by atoms with E-state index in [1.807, 2.05) is 0 Å². The first-order chi connectivity index (χ1) is 7.27. The zero-order chi connectivity index (χ0) is 10.7. The summed E-state index contributed by atoms with van der Waals surface area (Å²) in [6.07, 6.45) is 2.15. The first kappa shape index (κ1) is 10.9. The van der Waals surface area contributed by atoms with Gasteiger partial charge in [-0.2, -0.15) is 0 Å². The number of carbonyl (C=O) groups excluding carboxylic acids is 1. The molecule has 4 heteroatoms. The van der Waals surface area contributed by atoms with Crippen molar-refractivity contribution >= 4 is 5.91 Å². The minimum Gasteiger partial charge on any atom is -0.381 e. The molecule has 2 N–H and O–H groups in total. The van der Waals surface area contributed by atoms with Crippen LogP contribution < -0.4 is 10.6 Å². The molecule has 2 heterocycles. The average molecular weight is 212 g/mol. The van der Waals surface area contributed by atoms with Crippen molar-refractivity contribution in [1.82, 2.24) is 10.6 Å². The summed E-state index contributed by atoms with van der Waals surface area (Å²) >= 11 is 0. The van der Waals surface area contributed by atoms with Crippen molar-refractivity contribution in [3.05, 3.63) is 0 Å². The van der Waals surface area contributed by atoms with E-state index in [2.05, 4.69) is 17.6 Å². The molecule has 15 heavy (non-hydrogen) atoms. The second kappa shape index (κ2) is 4.94. The molecule has 2 fully saturated rings. The van der Waals surface area contributed by atoms with Crippen LogP contribution in [0.2, 0.25) is 0 Å². The fraction of sp³-hybridized carbons (Fsp3) is 0.909. The lowest BCUT2D eigenvalue weighted by Gasteiger charge is -2.32. The van der Waals surface area contributed by atoms with Gasteiger partial charge in [-0.25, -0.2) is 0 Å². The molecule has 0 radical (unpaired) electrons. The highest BCUT2D eigenvalue weighted by Gasteiger charge is 2.28. The van der Waals surface area contributed by atoms with E-state index in [1.54, 1.807) is 0 Å². The number of rotatable bonds is 3. The van der Waals surface area contributed by atoms with Crippen molar-refractivity contribution in [3.8, 4) is 0 Å². The van der Waals surface area contributed by atoms with Gasteiger partial charge in [-0.1, -0.05) is 0 Å². The van der Waals surface area contributed by atoms with Gasteiger partial charge in [-0.05, 0) is 25.7 Å². The Hall–Kier alpha value is -0.610. The van der Waals surface area contributed by atoms with E-state index in [1.165, 1.54) is 0 Å². The number of nitrogens with one attached hydrogen (secondary N) is 2. The molecule has 1 atom stereocenters. The van der Waals surface area contributed by atoms with Crippen LogP contribution in [0.25, 0.3) is 0 Å². The van der Waals surface area contributed by atoms with Crippen LogP contribution in [0.15, 0.2) is 0 Å². The first-order valence-corrected chi connectivity index (χ1v) is 5.86. The number of hydrogen-bond donors (Lipinski definition) is 2. The highest BCUT2D eigenvalue weighted by molar-refractivity contribution is 5.80. The predicted molar refractivity (Wildman–Crippen MR) is 57.5 cm³/mol. The minimum absolute atomic E-state index is 0.201. The van der Waals surface area contributed by atoms with Crippen LogP contribution >= 0.6 is 0 Å². The van der Waals surface area contributed by atoms with Crippen molar-refractivity contribution in [2.45, 2.75) is 25.8 Å². The van der Waals surface area contributed by atoms with E-state index in [0.29, 0.717) is 12.0 Å². The van der Waals surface area contributed by atoms with Crippen LogP contribution in [0.1, 0.15) is 19.8 Å². The van der Waals surface area contributed by atoms with Crippen molar-refractivity contribution < 1.29 is 9.53 Å². The molecule has 2 aliphatic rings.